The summed E-state index contributed by atoms with van der Waals surface area (Å²) in [5.41, 5.74) is -0.415. The Morgan fingerprint density at radius 1 is 1.33 bits per heavy atom. The number of amides is 1. The molecule has 2 aliphatic rings. The molecule has 0 spiro atoms. The summed E-state index contributed by atoms with van der Waals surface area (Å²) in [5.74, 6) is 5.76. The zero-order valence-electron chi connectivity index (χ0n) is 9.56. The number of hydrogen-bond acceptors (Lipinski definition) is 4. The summed E-state index contributed by atoms with van der Waals surface area (Å²) in [6.07, 6.45) is 0.776. The Bertz CT molecular complexity index is 274. The largest absolute Gasteiger partial charge is 0.444 e. The first-order chi connectivity index (χ1) is 6.88. The molecule has 1 amide bonds. The number of hydrogen-bond donors (Lipinski definition) is 1. The highest BCUT2D eigenvalue weighted by Gasteiger charge is 2.50. The minimum absolute atomic E-state index is 0.205. The van der Waals surface area contributed by atoms with E-state index in [1.165, 1.54) is 0 Å². The second-order valence-electron chi connectivity index (χ2n) is 5.28. The predicted molar refractivity (Wildman–Crippen MR) is 56.0 cm³/mol. The minimum atomic E-state index is -0.415. The van der Waals surface area contributed by atoms with Gasteiger partial charge in [-0.25, -0.2) is 9.80 Å². The molecule has 0 aromatic carbocycles. The van der Waals surface area contributed by atoms with Crippen LogP contribution in [0.4, 0.5) is 4.79 Å². The SMILES string of the molecule is CC(C)(C)OC(=O)N1CCN(N)C2CC21. The van der Waals surface area contributed by atoms with Gasteiger partial charge in [-0.3, -0.25) is 5.84 Å². The standard InChI is InChI=1S/C10H19N3O2/c1-10(2,3)15-9(14)12-4-5-13(11)8-6-7(8)12/h7-8H,4-6,11H2,1-3H3. The molecule has 2 rings (SSSR count). The molecule has 0 bridgehead atoms. The van der Waals surface area contributed by atoms with Gasteiger partial charge >= 0.3 is 6.09 Å². The third kappa shape index (κ3) is 2.23. The van der Waals surface area contributed by atoms with Crippen LogP contribution in [0.2, 0.25) is 0 Å². The summed E-state index contributed by atoms with van der Waals surface area (Å²) in [4.78, 5) is 13.6. The third-order valence-electron chi connectivity index (χ3n) is 2.78. The summed E-state index contributed by atoms with van der Waals surface area (Å²) in [5, 5.41) is 1.82. The zero-order chi connectivity index (χ0) is 11.2. The molecule has 0 aromatic heterocycles. The second kappa shape index (κ2) is 3.35. The van der Waals surface area contributed by atoms with Gasteiger partial charge in [0.25, 0.3) is 0 Å². The normalized spacial score (nSPS) is 31.1. The van der Waals surface area contributed by atoms with Crippen molar-refractivity contribution in [1.82, 2.24) is 9.91 Å². The summed E-state index contributed by atoms with van der Waals surface area (Å²) < 4.78 is 5.34. The van der Waals surface area contributed by atoms with E-state index < -0.39 is 5.60 Å². The van der Waals surface area contributed by atoms with Gasteiger partial charge in [-0.15, -0.1) is 0 Å². The van der Waals surface area contributed by atoms with Gasteiger partial charge in [0, 0.05) is 19.1 Å². The van der Waals surface area contributed by atoms with Crippen LogP contribution in [0.25, 0.3) is 0 Å². The minimum Gasteiger partial charge on any atom is -0.444 e. The van der Waals surface area contributed by atoms with Crippen LogP contribution in [0.15, 0.2) is 0 Å². The fourth-order valence-corrected chi connectivity index (χ4v) is 1.96. The van der Waals surface area contributed by atoms with Crippen LogP contribution in [-0.2, 0) is 4.74 Å². The molecule has 5 nitrogen and oxygen atoms in total. The number of ether oxygens (including phenoxy) is 1. The van der Waals surface area contributed by atoms with Gasteiger partial charge in [0.2, 0.25) is 0 Å². The number of piperazine rings is 1. The molecule has 1 aliphatic carbocycles. The zero-order valence-corrected chi connectivity index (χ0v) is 9.56. The number of carbonyl (C=O) groups is 1. The van der Waals surface area contributed by atoms with Crippen molar-refractivity contribution in [2.75, 3.05) is 13.1 Å². The highest BCUT2D eigenvalue weighted by atomic mass is 16.6. The highest BCUT2D eigenvalue weighted by Crippen LogP contribution is 2.35. The molecule has 1 saturated heterocycles. The summed E-state index contributed by atoms with van der Waals surface area (Å²) in [7, 11) is 0. The molecular weight excluding hydrogens is 194 g/mol. The fraction of sp³-hybridized carbons (Fsp3) is 0.900. The van der Waals surface area contributed by atoms with E-state index in [1.807, 2.05) is 25.8 Å². The average Bonchev–Trinajstić information content (AvgIpc) is 2.80. The maximum absolute atomic E-state index is 11.8. The van der Waals surface area contributed by atoms with Crippen molar-refractivity contribution in [3.8, 4) is 0 Å². The molecule has 2 atom stereocenters. The lowest BCUT2D eigenvalue weighted by molar-refractivity contribution is 0.0131. The van der Waals surface area contributed by atoms with Gasteiger partial charge in [-0.1, -0.05) is 0 Å². The van der Waals surface area contributed by atoms with Gasteiger partial charge in [-0.2, -0.15) is 0 Å². The van der Waals surface area contributed by atoms with E-state index in [1.54, 1.807) is 4.90 Å². The molecular formula is C10H19N3O2. The molecule has 15 heavy (non-hydrogen) atoms. The van der Waals surface area contributed by atoms with Gasteiger partial charge in [0.15, 0.2) is 0 Å². The molecule has 0 radical (unpaired) electrons. The topological polar surface area (TPSA) is 58.8 Å². The Kier molecular flexibility index (Phi) is 2.39. The number of fused-ring (bicyclic) bond motifs is 1. The molecule has 2 fully saturated rings. The van der Waals surface area contributed by atoms with Crippen molar-refractivity contribution >= 4 is 6.09 Å². The smallest absolute Gasteiger partial charge is 0.410 e. The lowest BCUT2D eigenvalue weighted by atomic mass is 10.2. The fourth-order valence-electron chi connectivity index (χ4n) is 1.96. The van der Waals surface area contributed by atoms with E-state index >= 15 is 0 Å². The molecule has 2 unspecified atom stereocenters. The van der Waals surface area contributed by atoms with Gasteiger partial charge in [-0.05, 0) is 27.2 Å². The van der Waals surface area contributed by atoms with Crippen LogP contribution in [0.5, 0.6) is 0 Å². The van der Waals surface area contributed by atoms with Crippen LogP contribution in [0, 0.1) is 0 Å². The lowest BCUT2D eigenvalue weighted by Gasteiger charge is -2.33. The van der Waals surface area contributed by atoms with Gasteiger partial charge in [0.05, 0.1) is 6.04 Å². The van der Waals surface area contributed by atoms with Crippen LogP contribution in [0.1, 0.15) is 27.2 Å². The van der Waals surface area contributed by atoms with Gasteiger partial charge < -0.3 is 9.64 Å². The monoisotopic (exact) mass is 213 g/mol. The van der Waals surface area contributed by atoms with E-state index in [2.05, 4.69) is 0 Å². The van der Waals surface area contributed by atoms with Crippen molar-refractivity contribution < 1.29 is 9.53 Å². The Morgan fingerprint density at radius 3 is 2.60 bits per heavy atom. The molecule has 1 heterocycles. The molecule has 1 aliphatic heterocycles. The van der Waals surface area contributed by atoms with Crippen molar-refractivity contribution in [1.29, 1.82) is 0 Å². The maximum atomic E-state index is 11.8. The lowest BCUT2D eigenvalue weighted by Crippen LogP contribution is -2.52. The first-order valence-electron chi connectivity index (χ1n) is 5.39. The van der Waals surface area contributed by atoms with Crippen molar-refractivity contribution in [2.45, 2.75) is 44.9 Å². The van der Waals surface area contributed by atoms with E-state index in [9.17, 15) is 4.79 Å². The van der Waals surface area contributed by atoms with E-state index in [-0.39, 0.29) is 12.1 Å². The summed E-state index contributed by atoms with van der Waals surface area (Å²) >= 11 is 0. The van der Waals surface area contributed by atoms with Crippen LogP contribution in [0.3, 0.4) is 0 Å². The Labute approximate surface area is 90.1 Å². The summed E-state index contributed by atoms with van der Waals surface area (Å²) in [6, 6.07) is 0.630. The maximum Gasteiger partial charge on any atom is 0.410 e. The Morgan fingerprint density at radius 2 is 2.00 bits per heavy atom. The Hall–Kier alpha value is -0.810. The molecule has 5 heteroatoms. The van der Waals surface area contributed by atoms with Crippen molar-refractivity contribution in [2.24, 2.45) is 5.84 Å². The van der Waals surface area contributed by atoms with E-state index in [0.29, 0.717) is 12.6 Å². The average molecular weight is 213 g/mol. The first kappa shape index (κ1) is 10.7. The van der Waals surface area contributed by atoms with Crippen molar-refractivity contribution in [3.05, 3.63) is 0 Å². The number of carbonyl (C=O) groups excluding carboxylic acids is 1. The molecule has 86 valence electrons. The first-order valence-corrected chi connectivity index (χ1v) is 5.39. The Balaban J connectivity index is 1.92. The van der Waals surface area contributed by atoms with Gasteiger partial charge in [0.1, 0.15) is 5.60 Å². The molecule has 1 saturated carbocycles. The number of rotatable bonds is 0. The predicted octanol–water partition coefficient (Wildman–Crippen LogP) is 0.554. The number of nitrogens with two attached hydrogens (primary N) is 1. The second-order valence-corrected chi connectivity index (χ2v) is 5.28. The van der Waals surface area contributed by atoms with Crippen LogP contribution < -0.4 is 5.84 Å². The quantitative estimate of drug-likeness (QED) is 0.597. The van der Waals surface area contributed by atoms with Crippen LogP contribution >= 0.6 is 0 Å². The third-order valence-corrected chi connectivity index (χ3v) is 2.78. The summed E-state index contributed by atoms with van der Waals surface area (Å²) in [6.45, 7) is 7.06. The molecule has 2 N–H and O–H groups in total. The van der Waals surface area contributed by atoms with E-state index in [4.69, 9.17) is 10.6 Å². The number of hydrazine groups is 1. The molecule has 0 aromatic rings. The highest BCUT2D eigenvalue weighted by molar-refractivity contribution is 5.69. The van der Waals surface area contributed by atoms with E-state index in [0.717, 1.165) is 13.0 Å². The van der Waals surface area contributed by atoms with Crippen molar-refractivity contribution in [3.63, 3.8) is 0 Å². The van der Waals surface area contributed by atoms with Crippen LogP contribution in [-0.4, -0.2) is 46.8 Å². The number of nitrogens with zero attached hydrogens (tertiary/aromatic N) is 2.